The average Bonchev–Trinajstić information content (AvgIpc) is 3.14. The highest BCUT2D eigenvalue weighted by Gasteiger charge is 2.52. The number of nitrogens with zero attached hydrogens (tertiary/aromatic N) is 4. The van der Waals surface area contributed by atoms with E-state index in [4.69, 9.17) is 23.7 Å². The first-order valence-corrected chi connectivity index (χ1v) is 10.8. The van der Waals surface area contributed by atoms with Crippen LogP contribution in [0.3, 0.4) is 0 Å². The number of aromatic nitrogens is 4. The lowest BCUT2D eigenvalue weighted by Gasteiger charge is -2.37. The molecular formula is C21H24F3N5O6. The highest BCUT2D eigenvalue weighted by Crippen LogP contribution is 2.36. The van der Waals surface area contributed by atoms with Gasteiger partial charge in [-0.3, -0.25) is 4.98 Å². The third-order valence-electron chi connectivity index (χ3n) is 5.19. The highest BCUT2D eigenvalue weighted by atomic mass is 19.4. The SMILES string of the molecule is CCOC(=O)c1cnc(OC[C@H]2OC[C@H](Nc3cncc(C(F)(F)F)n3)[C@H]3OC(C)(C)O[C@H]32)nc1. The molecule has 4 heterocycles. The lowest BCUT2D eigenvalue weighted by atomic mass is 9.98. The van der Waals surface area contributed by atoms with Crippen LogP contribution in [0.15, 0.2) is 24.8 Å². The van der Waals surface area contributed by atoms with Gasteiger partial charge in [0.1, 0.15) is 30.7 Å². The summed E-state index contributed by atoms with van der Waals surface area (Å²) in [6, 6.07) is -0.535. The van der Waals surface area contributed by atoms with Gasteiger partial charge in [0.2, 0.25) is 0 Å². The predicted octanol–water partition coefficient (Wildman–Crippen LogP) is 2.24. The number of nitrogens with one attached hydrogen (secondary N) is 1. The minimum atomic E-state index is -4.62. The lowest BCUT2D eigenvalue weighted by Crippen LogP contribution is -2.56. The van der Waals surface area contributed by atoms with Crippen LogP contribution in [-0.2, 0) is 25.1 Å². The van der Waals surface area contributed by atoms with Crippen molar-refractivity contribution < 1.29 is 41.7 Å². The average molecular weight is 499 g/mol. The second-order valence-corrected chi connectivity index (χ2v) is 8.26. The summed E-state index contributed by atoms with van der Waals surface area (Å²) in [6.45, 7) is 5.46. The molecule has 0 radical (unpaired) electrons. The van der Waals surface area contributed by atoms with Gasteiger partial charge in [-0.15, -0.1) is 0 Å². The summed E-state index contributed by atoms with van der Waals surface area (Å²) >= 11 is 0. The summed E-state index contributed by atoms with van der Waals surface area (Å²) in [5.41, 5.74) is -0.922. The Morgan fingerprint density at radius 3 is 2.57 bits per heavy atom. The van der Waals surface area contributed by atoms with Crippen molar-refractivity contribution in [3.8, 4) is 6.01 Å². The molecule has 35 heavy (non-hydrogen) atoms. The van der Waals surface area contributed by atoms with Gasteiger partial charge in [0.15, 0.2) is 11.5 Å². The topological polar surface area (TPSA) is 127 Å². The van der Waals surface area contributed by atoms with E-state index < -0.39 is 48.0 Å². The Morgan fingerprint density at radius 2 is 1.89 bits per heavy atom. The van der Waals surface area contributed by atoms with Crippen molar-refractivity contribution in [3.63, 3.8) is 0 Å². The number of hydrogen-bond donors (Lipinski definition) is 1. The number of carbonyl (C=O) groups is 1. The second-order valence-electron chi connectivity index (χ2n) is 8.26. The van der Waals surface area contributed by atoms with Gasteiger partial charge in [-0.2, -0.15) is 13.2 Å². The van der Waals surface area contributed by atoms with Gasteiger partial charge in [-0.1, -0.05) is 0 Å². The molecule has 0 aromatic carbocycles. The minimum absolute atomic E-state index is 0.00937. The number of hydrogen-bond acceptors (Lipinski definition) is 11. The van der Waals surface area contributed by atoms with E-state index in [-0.39, 0.29) is 37.2 Å². The van der Waals surface area contributed by atoms with Crippen LogP contribution in [0.1, 0.15) is 36.8 Å². The predicted molar refractivity (Wildman–Crippen MR) is 111 cm³/mol. The fraction of sp³-hybridized carbons (Fsp3) is 0.571. The summed E-state index contributed by atoms with van der Waals surface area (Å²) < 4.78 is 67.4. The van der Waals surface area contributed by atoms with Crippen molar-refractivity contribution in [2.24, 2.45) is 0 Å². The van der Waals surface area contributed by atoms with Gasteiger partial charge in [-0.05, 0) is 20.8 Å². The summed E-state index contributed by atoms with van der Waals surface area (Å²) in [4.78, 5) is 26.9. The number of fused-ring (bicyclic) bond motifs is 1. The van der Waals surface area contributed by atoms with Crippen LogP contribution in [0.2, 0.25) is 0 Å². The number of esters is 1. The van der Waals surface area contributed by atoms with Crippen LogP contribution in [-0.4, -0.2) is 75.9 Å². The van der Waals surface area contributed by atoms with Crippen molar-refractivity contribution in [1.29, 1.82) is 0 Å². The number of alkyl halides is 3. The van der Waals surface area contributed by atoms with Gasteiger partial charge in [0, 0.05) is 12.4 Å². The molecule has 4 rings (SSSR count). The number of anilines is 1. The summed E-state index contributed by atoms with van der Waals surface area (Å²) in [6.07, 6.45) is -1.95. The third kappa shape index (κ3) is 5.94. The molecule has 0 unspecified atom stereocenters. The molecule has 14 heteroatoms. The fourth-order valence-electron chi connectivity index (χ4n) is 3.73. The molecule has 11 nitrogen and oxygen atoms in total. The quantitative estimate of drug-likeness (QED) is 0.564. The molecule has 1 N–H and O–H groups in total. The van der Waals surface area contributed by atoms with E-state index in [1.807, 2.05) is 0 Å². The maximum atomic E-state index is 13.0. The number of halogens is 3. The Morgan fingerprint density at radius 1 is 1.17 bits per heavy atom. The molecule has 2 aromatic heterocycles. The number of carbonyl (C=O) groups excluding carboxylic acids is 1. The number of rotatable bonds is 7. The summed E-state index contributed by atoms with van der Waals surface area (Å²) in [7, 11) is 0. The molecule has 0 bridgehead atoms. The molecule has 0 spiro atoms. The van der Waals surface area contributed by atoms with E-state index >= 15 is 0 Å². The van der Waals surface area contributed by atoms with Crippen LogP contribution < -0.4 is 10.1 Å². The van der Waals surface area contributed by atoms with Crippen LogP contribution in [0.5, 0.6) is 6.01 Å². The van der Waals surface area contributed by atoms with Crippen LogP contribution in [0, 0.1) is 0 Å². The largest absolute Gasteiger partial charge is 0.462 e. The summed E-state index contributed by atoms with van der Waals surface area (Å²) in [5, 5.41) is 2.91. The van der Waals surface area contributed by atoms with E-state index in [0.717, 1.165) is 0 Å². The molecular weight excluding hydrogens is 475 g/mol. The molecule has 2 aliphatic heterocycles. The monoisotopic (exact) mass is 499 g/mol. The molecule has 0 saturated carbocycles. The summed E-state index contributed by atoms with van der Waals surface area (Å²) in [5.74, 6) is -1.57. The Balaban J connectivity index is 1.41. The molecule has 0 amide bonds. The van der Waals surface area contributed by atoms with Gasteiger partial charge >= 0.3 is 18.2 Å². The zero-order chi connectivity index (χ0) is 25.2. The first kappa shape index (κ1) is 25.0. The third-order valence-corrected chi connectivity index (χ3v) is 5.19. The van der Waals surface area contributed by atoms with Gasteiger partial charge in [-0.25, -0.2) is 19.7 Å². The molecule has 2 saturated heterocycles. The maximum Gasteiger partial charge on any atom is 0.434 e. The molecule has 2 aliphatic rings. The molecule has 4 atom stereocenters. The molecule has 2 aromatic rings. The van der Waals surface area contributed by atoms with E-state index in [0.29, 0.717) is 6.20 Å². The molecule has 190 valence electrons. The Hall–Kier alpha value is -3.10. The minimum Gasteiger partial charge on any atom is -0.462 e. The Bertz CT molecular complexity index is 1040. The van der Waals surface area contributed by atoms with Crippen molar-refractivity contribution >= 4 is 11.8 Å². The Labute approximate surface area is 198 Å². The lowest BCUT2D eigenvalue weighted by molar-refractivity contribution is -0.156. The molecule has 0 aliphatic carbocycles. The van der Waals surface area contributed by atoms with Crippen molar-refractivity contribution in [1.82, 2.24) is 19.9 Å². The van der Waals surface area contributed by atoms with Gasteiger partial charge in [0.25, 0.3) is 0 Å². The van der Waals surface area contributed by atoms with Crippen molar-refractivity contribution in [2.45, 2.75) is 57.1 Å². The fourth-order valence-corrected chi connectivity index (χ4v) is 3.73. The van der Waals surface area contributed by atoms with Gasteiger partial charge in [0.05, 0.1) is 37.2 Å². The van der Waals surface area contributed by atoms with Crippen molar-refractivity contribution in [3.05, 3.63) is 36.0 Å². The molecule has 2 fully saturated rings. The Kier molecular flexibility index (Phi) is 7.05. The standard InChI is InChI=1S/C21H24F3N5O6/c1-4-31-18(30)11-5-26-19(27-6-11)33-10-13-17-16(34-20(2,3)35-17)12(9-32-13)28-15-8-25-7-14(29-15)21(22,23)24/h5-8,12-13,16-17H,4,9-10H2,1-3H3,(H,28,29)/t12-,13+,16+,17-/m0/s1. The maximum absolute atomic E-state index is 13.0. The normalized spacial score (nSPS) is 25.5. The van der Waals surface area contributed by atoms with Crippen LogP contribution in [0.25, 0.3) is 0 Å². The smallest absolute Gasteiger partial charge is 0.434 e. The van der Waals surface area contributed by atoms with E-state index in [1.165, 1.54) is 18.6 Å². The first-order valence-electron chi connectivity index (χ1n) is 10.8. The zero-order valence-electron chi connectivity index (χ0n) is 19.1. The van der Waals surface area contributed by atoms with Crippen LogP contribution in [0.4, 0.5) is 19.0 Å². The van der Waals surface area contributed by atoms with Crippen molar-refractivity contribution in [2.75, 3.05) is 25.1 Å². The van der Waals surface area contributed by atoms with E-state index in [1.54, 1.807) is 20.8 Å². The zero-order valence-corrected chi connectivity index (χ0v) is 19.1. The van der Waals surface area contributed by atoms with E-state index in [2.05, 4.69) is 25.3 Å². The number of ether oxygens (including phenoxy) is 5. The second kappa shape index (κ2) is 9.87. The first-order chi connectivity index (χ1) is 16.6. The van der Waals surface area contributed by atoms with Crippen LogP contribution >= 0.6 is 0 Å². The highest BCUT2D eigenvalue weighted by molar-refractivity contribution is 5.88. The van der Waals surface area contributed by atoms with E-state index in [9.17, 15) is 18.0 Å². The van der Waals surface area contributed by atoms with Gasteiger partial charge < -0.3 is 29.0 Å².